The van der Waals surface area contributed by atoms with Crippen LogP contribution in [0.25, 0.3) is 0 Å². The lowest BCUT2D eigenvalue weighted by Crippen LogP contribution is -2.31. The number of nitriles is 1. The summed E-state index contributed by atoms with van der Waals surface area (Å²) >= 11 is 0. The molecule has 0 aromatic heterocycles. The van der Waals surface area contributed by atoms with E-state index in [1.165, 1.54) is 0 Å². The maximum atomic E-state index is 9.07. The molecule has 0 bridgehead atoms. The molecule has 1 unspecified atom stereocenters. The summed E-state index contributed by atoms with van der Waals surface area (Å²) in [7, 11) is 1.74. The average molecular weight is 181 g/mol. The Kier molecular flexibility index (Phi) is 3.33. The molecule has 0 aliphatic heterocycles. The van der Waals surface area contributed by atoms with E-state index in [0.717, 1.165) is 25.7 Å². The number of ether oxygens (including phenoxy) is 1. The molecule has 0 spiro atoms. The lowest BCUT2D eigenvalue weighted by molar-refractivity contribution is 0.0106. The molecular formula is C11H19NO. The van der Waals surface area contributed by atoms with Crippen LogP contribution in [-0.4, -0.2) is 13.2 Å². The molecule has 1 atom stereocenters. The Labute approximate surface area is 80.9 Å². The van der Waals surface area contributed by atoms with Crippen LogP contribution in [0.4, 0.5) is 0 Å². The summed E-state index contributed by atoms with van der Waals surface area (Å²) in [5, 5.41) is 9.07. The van der Waals surface area contributed by atoms with Crippen molar-refractivity contribution in [1.29, 1.82) is 5.26 Å². The number of hydrogen-bond acceptors (Lipinski definition) is 2. The van der Waals surface area contributed by atoms with Crippen molar-refractivity contribution in [2.24, 2.45) is 11.3 Å². The van der Waals surface area contributed by atoms with Crippen molar-refractivity contribution in [2.75, 3.05) is 7.11 Å². The highest BCUT2D eigenvalue weighted by atomic mass is 16.5. The maximum Gasteiger partial charge on any atom is 0.0838 e. The highest BCUT2D eigenvalue weighted by Gasteiger charge is 2.52. The van der Waals surface area contributed by atoms with E-state index in [1.807, 2.05) is 0 Å². The molecule has 74 valence electrons. The number of rotatable bonds is 5. The zero-order chi connectivity index (χ0) is 9.90. The standard InChI is InChI=1S/C11H19NO/c1-4-9(5-2)10(13-3)11(8-12)6-7-11/h9-10H,4-7H2,1-3H3. The first kappa shape index (κ1) is 10.5. The molecule has 1 saturated carbocycles. The number of nitrogens with zero attached hydrogens (tertiary/aromatic N) is 1. The Bertz CT molecular complexity index is 199. The van der Waals surface area contributed by atoms with Crippen LogP contribution in [0.5, 0.6) is 0 Å². The molecule has 0 aromatic carbocycles. The van der Waals surface area contributed by atoms with Crippen molar-refractivity contribution in [3.8, 4) is 6.07 Å². The van der Waals surface area contributed by atoms with Gasteiger partial charge in [-0.05, 0) is 18.8 Å². The minimum atomic E-state index is -0.133. The van der Waals surface area contributed by atoms with Crippen molar-refractivity contribution in [2.45, 2.75) is 45.6 Å². The van der Waals surface area contributed by atoms with Gasteiger partial charge in [0.05, 0.1) is 17.6 Å². The molecule has 2 heteroatoms. The molecule has 1 fully saturated rings. The second-order valence-corrected chi connectivity index (χ2v) is 4.00. The molecule has 2 nitrogen and oxygen atoms in total. The van der Waals surface area contributed by atoms with E-state index in [0.29, 0.717) is 5.92 Å². The van der Waals surface area contributed by atoms with Crippen molar-refractivity contribution >= 4 is 0 Å². The Morgan fingerprint density at radius 1 is 1.38 bits per heavy atom. The molecule has 13 heavy (non-hydrogen) atoms. The van der Waals surface area contributed by atoms with Gasteiger partial charge < -0.3 is 4.74 Å². The van der Waals surface area contributed by atoms with Gasteiger partial charge in [-0.15, -0.1) is 0 Å². The Morgan fingerprint density at radius 3 is 2.15 bits per heavy atom. The Balaban J connectivity index is 2.67. The van der Waals surface area contributed by atoms with Gasteiger partial charge in [0.25, 0.3) is 0 Å². The van der Waals surface area contributed by atoms with Crippen LogP contribution >= 0.6 is 0 Å². The summed E-state index contributed by atoms with van der Waals surface area (Å²) < 4.78 is 5.49. The van der Waals surface area contributed by atoms with Gasteiger partial charge in [-0.3, -0.25) is 0 Å². The molecule has 0 saturated heterocycles. The van der Waals surface area contributed by atoms with Crippen LogP contribution in [-0.2, 0) is 4.74 Å². The van der Waals surface area contributed by atoms with E-state index in [-0.39, 0.29) is 11.5 Å². The van der Waals surface area contributed by atoms with Crippen LogP contribution in [0.1, 0.15) is 39.5 Å². The average Bonchev–Trinajstić information content (AvgIpc) is 2.94. The first-order chi connectivity index (χ1) is 6.24. The third kappa shape index (κ3) is 1.86. The molecule has 0 N–H and O–H groups in total. The van der Waals surface area contributed by atoms with Gasteiger partial charge in [0.2, 0.25) is 0 Å². The Hall–Kier alpha value is -0.550. The van der Waals surface area contributed by atoms with Crippen LogP contribution in [0.3, 0.4) is 0 Å². The zero-order valence-electron chi connectivity index (χ0n) is 8.84. The topological polar surface area (TPSA) is 33.0 Å². The zero-order valence-corrected chi connectivity index (χ0v) is 8.84. The van der Waals surface area contributed by atoms with E-state index in [4.69, 9.17) is 10.00 Å². The summed E-state index contributed by atoms with van der Waals surface area (Å²) in [6.07, 6.45) is 4.43. The fourth-order valence-electron chi connectivity index (χ4n) is 2.18. The SMILES string of the molecule is CCC(CC)C(OC)C1(C#N)CC1. The van der Waals surface area contributed by atoms with Gasteiger partial charge in [-0.25, -0.2) is 0 Å². The third-order valence-corrected chi connectivity index (χ3v) is 3.29. The molecule has 0 heterocycles. The summed E-state index contributed by atoms with van der Waals surface area (Å²) in [6, 6.07) is 2.43. The van der Waals surface area contributed by atoms with Crippen molar-refractivity contribution < 1.29 is 4.74 Å². The minimum Gasteiger partial charge on any atom is -0.380 e. The van der Waals surface area contributed by atoms with Crippen LogP contribution < -0.4 is 0 Å². The number of hydrogen-bond donors (Lipinski definition) is 0. The summed E-state index contributed by atoms with van der Waals surface area (Å²) in [5.41, 5.74) is -0.133. The van der Waals surface area contributed by atoms with Crippen LogP contribution in [0.15, 0.2) is 0 Å². The summed E-state index contributed by atoms with van der Waals surface area (Å²) in [4.78, 5) is 0. The van der Waals surface area contributed by atoms with Crippen molar-refractivity contribution in [3.63, 3.8) is 0 Å². The fraction of sp³-hybridized carbons (Fsp3) is 0.909. The monoisotopic (exact) mass is 181 g/mol. The molecule has 0 radical (unpaired) electrons. The van der Waals surface area contributed by atoms with Crippen LogP contribution in [0, 0.1) is 22.7 Å². The van der Waals surface area contributed by atoms with Gasteiger partial charge in [0.15, 0.2) is 0 Å². The second-order valence-electron chi connectivity index (χ2n) is 4.00. The largest absolute Gasteiger partial charge is 0.380 e. The smallest absolute Gasteiger partial charge is 0.0838 e. The predicted molar refractivity (Wildman–Crippen MR) is 52.1 cm³/mol. The Morgan fingerprint density at radius 2 is 1.92 bits per heavy atom. The predicted octanol–water partition coefficient (Wildman–Crippen LogP) is 2.74. The molecule has 0 aromatic rings. The van der Waals surface area contributed by atoms with E-state index in [9.17, 15) is 0 Å². The molecule has 1 aliphatic rings. The summed E-state index contributed by atoms with van der Waals surface area (Å²) in [6.45, 7) is 4.35. The minimum absolute atomic E-state index is 0.133. The van der Waals surface area contributed by atoms with E-state index < -0.39 is 0 Å². The molecule has 1 aliphatic carbocycles. The normalized spacial score (nSPS) is 21.2. The first-order valence-electron chi connectivity index (χ1n) is 5.18. The maximum absolute atomic E-state index is 9.07. The summed E-state index contributed by atoms with van der Waals surface area (Å²) in [5.74, 6) is 0.548. The molecule has 0 amide bonds. The number of methoxy groups -OCH3 is 1. The van der Waals surface area contributed by atoms with Gasteiger partial charge in [-0.1, -0.05) is 26.7 Å². The fourth-order valence-corrected chi connectivity index (χ4v) is 2.18. The molecular weight excluding hydrogens is 162 g/mol. The highest BCUT2D eigenvalue weighted by Crippen LogP contribution is 2.52. The van der Waals surface area contributed by atoms with Gasteiger partial charge in [0, 0.05) is 7.11 Å². The lowest BCUT2D eigenvalue weighted by Gasteiger charge is -2.27. The van der Waals surface area contributed by atoms with E-state index in [2.05, 4.69) is 19.9 Å². The van der Waals surface area contributed by atoms with Crippen molar-refractivity contribution in [3.05, 3.63) is 0 Å². The quantitative estimate of drug-likeness (QED) is 0.653. The second kappa shape index (κ2) is 4.11. The van der Waals surface area contributed by atoms with Crippen molar-refractivity contribution in [1.82, 2.24) is 0 Å². The van der Waals surface area contributed by atoms with E-state index in [1.54, 1.807) is 7.11 Å². The van der Waals surface area contributed by atoms with Gasteiger partial charge in [0.1, 0.15) is 0 Å². The van der Waals surface area contributed by atoms with Gasteiger partial charge in [-0.2, -0.15) is 5.26 Å². The van der Waals surface area contributed by atoms with Gasteiger partial charge >= 0.3 is 0 Å². The first-order valence-corrected chi connectivity index (χ1v) is 5.18. The third-order valence-electron chi connectivity index (χ3n) is 3.29. The molecule has 1 rings (SSSR count). The van der Waals surface area contributed by atoms with Crippen LogP contribution in [0.2, 0.25) is 0 Å². The van der Waals surface area contributed by atoms with E-state index >= 15 is 0 Å². The highest BCUT2D eigenvalue weighted by molar-refractivity contribution is 5.15. The lowest BCUT2D eigenvalue weighted by atomic mass is 9.85.